The molecule has 1 aromatic heterocycles. The van der Waals surface area contributed by atoms with Crippen LogP contribution in [0.15, 0.2) is 28.9 Å². The van der Waals surface area contributed by atoms with Crippen LogP contribution in [-0.4, -0.2) is 4.98 Å². The number of benzene rings is 1. The lowest BCUT2D eigenvalue weighted by molar-refractivity contribution is 0.478. The first-order valence-electron chi connectivity index (χ1n) is 4.48. The highest BCUT2D eigenvalue weighted by atomic mass is 79.9. The van der Waals surface area contributed by atoms with E-state index >= 15 is 0 Å². The molecule has 0 spiro atoms. The molecule has 2 rings (SSSR count). The Morgan fingerprint density at radius 3 is 2.81 bits per heavy atom. The third-order valence-electron chi connectivity index (χ3n) is 1.85. The van der Waals surface area contributed by atoms with Crippen molar-refractivity contribution in [1.29, 1.82) is 0 Å². The monoisotopic (exact) mass is 318 g/mol. The van der Waals surface area contributed by atoms with Gasteiger partial charge < -0.3 is 10.5 Å². The lowest BCUT2D eigenvalue weighted by Gasteiger charge is -2.02. The second-order valence-corrected chi connectivity index (χ2v) is 5.13. The molecule has 0 aliphatic rings. The molecule has 0 radical (unpaired) electrons. The molecule has 0 atom stereocenters. The summed E-state index contributed by atoms with van der Waals surface area (Å²) in [6.07, 6.45) is 0. The molecule has 0 unspecified atom stereocenters. The molecular formula is C10H8BrClN2OS. The summed E-state index contributed by atoms with van der Waals surface area (Å²) in [5.74, 6) is 0.592. The third kappa shape index (κ3) is 2.55. The number of aromatic nitrogens is 1. The van der Waals surface area contributed by atoms with Crippen LogP contribution in [0, 0.1) is 0 Å². The van der Waals surface area contributed by atoms with Gasteiger partial charge in [-0.15, -0.1) is 0 Å². The molecule has 1 heterocycles. The minimum absolute atomic E-state index is 0.435. The van der Waals surface area contributed by atoms with E-state index in [-0.39, 0.29) is 0 Å². The fourth-order valence-electron chi connectivity index (χ4n) is 1.10. The lowest BCUT2D eigenvalue weighted by Crippen LogP contribution is -1.92. The molecule has 0 saturated carbocycles. The predicted molar refractivity (Wildman–Crippen MR) is 69.2 cm³/mol. The smallest absolute Gasteiger partial charge is 0.280 e. The van der Waals surface area contributed by atoms with Gasteiger partial charge in [-0.05, 0) is 28.1 Å². The number of halogens is 2. The first-order chi connectivity index (χ1) is 7.70. The molecule has 0 aliphatic carbocycles. The molecule has 0 amide bonds. The largest absolute Gasteiger partial charge is 0.429 e. The molecule has 0 saturated heterocycles. The molecule has 84 valence electrons. The van der Waals surface area contributed by atoms with Crippen molar-refractivity contribution in [2.24, 2.45) is 5.73 Å². The fourth-order valence-corrected chi connectivity index (χ4v) is 2.65. The molecule has 16 heavy (non-hydrogen) atoms. The average Bonchev–Trinajstić information content (AvgIpc) is 2.62. The molecular weight excluding hydrogens is 312 g/mol. The average molecular weight is 320 g/mol. The zero-order chi connectivity index (χ0) is 11.5. The van der Waals surface area contributed by atoms with E-state index in [1.165, 1.54) is 11.3 Å². The molecule has 6 heteroatoms. The van der Waals surface area contributed by atoms with E-state index < -0.39 is 0 Å². The van der Waals surface area contributed by atoms with E-state index in [0.29, 0.717) is 22.5 Å². The Hall–Kier alpha value is -0.620. The third-order valence-corrected chi connectivity index (χ3v) is 4.04. The Morgan fingerprint density at radius 2 is 2.19 bits per heavy atom. The number of nitrogens with two attached hydrogens (primary N) is 1. The Kier molecular flexibility index (Phi) is 3.81. The number of rotatable bonds is 3. The van der Waals surface area contributed by atoms with Gasteiger partial charge in [0.15, 0.2) is 0 Å². The van der Waals surface area contributed by atoms with Crippen molar-refractivity contribution >= 4 is 38.9 Å². The maximum atomic E-state index is 5.97. The maximum Gasteiger partial charge on any atom is 0.280 e. The summed E-state index contributed by atoms with van der Waals surface area (Å²) in [4.78, 5) is 5.14. The Balaban J connectivity index is 2.24. The van der Waals surface area contributed by atoms with Gasteiger partial charge in [0.1, 0.15) is 10.4 Å². The molecule has 0 bridgehead atoms. The number of nitrogens with zero attached hydrogens (tertiary/aromatic N) is 1. The standard InChI is InChI=1S/C10H8BrClN2OS/c11-9-8(5-13)16-10(14-9)15-7-4-2-1-3-6(7)12/h1-4H,5,13H2. The van der Waals surface area contributed by atoms with Crippen LogP contribution in [0.5, 0.6) is 10.9 Å². The minimum Gasteiger partial charge on any atom is -0.429 e. The minimum atomic E-state index is 0.435. The van der Waals surface area contributed by atoms with Crippen molar-refractivity contribution in [3.8, 4) is 10.9 Å². The molecule has 1 aromatic carbocycles. The van der Waals surface area contributed by atoms with Crippen molar-refractivity contribution in [2.75, 3.05) is 0 Å². The van der Waals surface area contributed by atoms with Crippen LogP contribution < -0.4 is 10.5 Å². The highest BCUT2D eigenvalue weighted by Gasteiger charge is 2.10. The van der Waals surface area contributed by atoms with Gasteiger partial charge in [-0.1, -0.05) is 35.1 Å². The summed E-state index contributed by atoms with van der Waals surface area (Å²) in [5, 5.41) is 1.09. The van der Waals surface area contributed by atoms with E-state index in [2.05, 4.69) is 20.9 Å². The second kappa shape index (κ2) is 5.14. The molecule has 0 fully saturated rings. The first kappa shape index (κ1) is 11.9. The van der Waals surface area contributed by atoms with E-state index in [4.69, 9.17) is 22.1 Å². The SMILES string of the molecule is NCc1sc(Oc2ccccc2Cl)nc1Br. The van der Waals surface area contributed by atoms with Crippen LogP contribution in [0.25, 0.3) is 0 Å². The van der Waals surface area contributed by atoms with Crippen LogP contribution in [0.2, 0.25) is 5.02 Å². The first-order valence-corrected chi connectivity index (χ1v) is 6.47. The summed E-state index contributed by atoms with van der Waals surface area (Å²) in [7, 11) is 0. The van der Waals surface area contributed by atoms with E-state index in [1.807, 2.05) is 12.1 Å². The zero-order valence-electron chi connectivity index (χ0n) is 8.11. The van der Waals surface area contributed by atoms with Crippen LogP contribution in [0.4, 0.5) is 0 Å². The summed E-state index contributed by atoms with van der Waals surface area (Å²) >= 11 is 10.7. The lowest BCUT2D eigenvalue weighted by atomic mass is 10.3. The Morgan fingerprint density at radius 1 is 1.44 bits per heavy atom. The normalized spacial score (nSPS) is 10.4. The van der Waals surface area contributed by atoms with Crippen LogP contribution >= 0.6 is 38.9 Å². The summed E-state index contributed by atoms with van der Waals surface area (Å²) in [5.41, 5.74) is 5.55. The fraction of sp³-hybridized carbons (Fsp3) is 0.100. The van der Waals surface area contributed by atoms with Gasteiger partial charge in [-0.2, -0.15) is 4.98 Å². The van der Waals surface area contributed by atoms with Gasteiger partial charge in [0.05, 0.1) is 9.90 Å². The number of hydrogen-bond donors (Lipinski definition) is 1. The van der Waals surface area contributed by atoms with Crippen LogP contribution in [-0.2, 0) is 6.54 Å². The maximum absolute atomic E-state index is 5.97. The molecule has 2 N–H and O–H groups in total. The van der Waals surface area contributed by atoms with Gasteiger partial charge >= 0.3 is 0 Å². The highest BCUT2D eigenvalue weighted by Crippen LogP contribution is 2.34. The van der Waals surface area contributed by atoms with E-state index in [1.54, 1.807) is 12.1 Å². The number of para-hydroxylation sites is 1. The zero-order valence-corrected chi connectivity index (χ0v) is 11.3. The molecule has 2 aromatic rings. The van der Waals surface area contributed by atoms with Gasteiger partial charge in [-0.25, -0.2) is 0 Å². The number of ether oxygens (including phenoxy) is 1. The number of hydrogen-bond acceptors (Lipinski definition) is 4. The van der Waals surface area contributed by atoms with Crippen LogP contribution in [0.1, 0.15) is 4.88 Å². The van der Waals surface area contributed by atoms with Gasteiger partial charge in [0.25, 0.3) is 5.19 Å². The quantitative estimate of drug-likeness (QED) is 0.936. The molecule has 3 nitrogen and oxygen atoms in total. The highest BCUT2D eigenvalue weighted by molar-refractivity contribution is 9.10. The summed E-state index contributed by atoms with van der Waals surface area (Å²) < 4.78 is 6.29. The van der Waals surface area contributed by atoms with Crippen LogP contribution in [0.3, 0.4) is 0 Å². The topological polar surface area (TPSA) is 48.1 Å². The van der Waals surface area contributed by atoms with Gasteiger partial charge in [-0.3, -0.25) is 0 Å². The van der Waals surface area contributed by atoms with Crippen molar-refractivity contribution in [3.63, 3.8) is 0 Å². The van der Waals surface area contributed by atoms with Crippen molar-refractivity contribution < 1.29 is 4.74 Å². The van der Waals surface area contributed by atoms with Crippen molar-refractivity contribution in [1.82, 2.24) is 4.98 Å². The number of thiazole rings is 1. The summed E-state index contributed by atoms with van der Waals surface area (Å²) in [6.45, 7) is 0.435. The van der Waals surface area contributed by atoms with E-state index in [0.717, 1.165) is 9.48 Å². The summed E-state index contributed by atoms with van der Waals surface area (Å²) in [6, 6.07) is 7.26. The Bertz CT molecular complexity index is 503. The second-order valence-electron chi connectivity index (χ2n) is 2.93. The van der Waals surface area contributed by atoms with Gasteiger partial charge in [0.2, 0.25) is 0 Å². The van der Waals surface area contributed by atoms with Crippen molar-refractivity contribution in [2.45, 2.75) is 6.54 Å². The van der Waals surface area contributed by atoms with Crippen molar-refractivity contribution in [3.05, 3.63) is 38.8 Å². The molecule has 0 aliphatic heterocycles. The van der Waals surface area contributed by atoms with Gasteiger partial charge in [0, 0.05) is 6.54 Å². The predicted octanol–water partition coefficient (Wildman–Crippen LogP) is 3.81. The van der Waals surface area contributed by atoms with E-state index in [9.17, 15) is 0 Å². The Labute approximate surface area is 110 Å².